The molecule has 1 atom stereocenters. The zero-order valence-electron chi connectivity index (χ0n) is 19.5. The first-order valence-corrected chi connectivity index (χ1v) is 10.4. The van der Waals surface area contributed by atoms with Crippen molar-refractivity contribution in [1.82, 2.24) is 10.2 Å². The Hall–Kier alpha value is -2.16. The van der Waals surface area contributed by atoms with Crippen LogP contribution in [0.2, 0.25) is 0 Å². The van der Waals surface area contributed by atoms with Crippen molar-refractivity contribution in [2.75, 3.05) is 48.0 Å². The molecule has 6 nitrogen and oxygen atoms in total. The van der Waals surface area contributed by atoms with Crippen LogP contribution in [0.3, 0.4) is 0 Å². The van der Waals surface area contributed by atoms with E-state index >= 15 is 0 Å². The number of hydrogen-bond acceptors (Lipinski definition) is 4. The van der Waals surface area contributed by atoms with Crippen molar-refractivity contribution in [3.05, 3.63) is 53.6 Å². The van der Waals surface area contributed by atoms with Crippen LogP contribution in [0.15, 0.2) is 47.5 Å². The summed E-state index contributed by atoms with van der Waals surface area (Å²) in [6.45, 7) is 6.60. The van der Waals surface area contributed by atoms with Gasteiger partial charge in [0.1, 0.15) is 5.75 Å². The monoisotopic (exact) mass is 541 g/mol. The van der Waals surface area contributed by atoms with Gasteiger partial charge in [-0.2, -0.15) is 0 Å². The SMILES string of the molecule is CCNC(=NCC(C)c1ccccc1OC)N(C)CCc1ccc(OC)c(OC)c1.I. The van der Waals surface area contributed by atoms with Gasteiger partial charge in [0.15, 0.2) is 17.5 Å². The maximum Gasteiger partial charge on any atom is 0.193 e. The molecule has 1 unspecified atom stereocenters. The van der Waals surface area contributed by atoms with E-state index in [1.807, 2.05) is 30.3 Å². The number of rotatable bonds is 10. The van der Waals surface area contributed by atoms with Gasteiger partial charge in [0.05, 0.1) is 21.3 Å². The second-order valence-corrected chi connectivity index (χ2v) is 7.20. The number of para-hydroxylation sites is 1. The van der Waals surface area contributed by atoms with Crippen LogP contribution in [0, 0.1) is 0 Å². The molecule has 2 rings (SSSR count). The van der Waals surface area contributed by atoms with Crippen molar-refractivity contribution in [3.63, 3.8) is 0 Å². The fourth-order valence-electron chi connectivity index (χ4n) is 3.30. The Labute approximate surface area is 204 Å². The smallest absolute Gasteiger partial charge is 0.193 e. The van der Waals surface area contributed by atoms with Gasteiger partial charge in [-0.1, -0.05) is 31.2 Å². The normalized spacial score (nSPS) is 11.9. The molecule has 172 valence electrons. The molecule has 0 aliphatic rings. The van der Waals surface area contributed by atoms with Crippen molar-refractivity contribution in [2.24, 2.45) is 4.99 Å². The van der Waals surface area contributed by atoms with Crippen LogP contribution < -0.4 is 19.5 Å². The summed E-state index contributed by atoms with van der Waals surface area (Å²) in [4.78, 5) is 7.03. The molecule has 0 fully saturated rings. The van der Waals surface area contributed by atoms with Crippen LogP contribution in [-0.2, 0) is 6.42 Å². The number of aliphatic imine (C=N–C) groups is 1. The van der Waals surface area contributed by atoms with Crippen LogP contribution >= 0.6 is 24.0 Å². The van der Waals surface area contributed by atoms with E-state index in [-0.39, 0.29) is 29.9 Å². The summed E-state index contributed by atoms with van der Waals surface area (Å²) in [6, 6.07) is 14.2. The molecule has 0 spiro atoms. The number of halogens is 1. The summed E-state index contributed by atoms with van der Waals surface area (Å²) < 4.78 is 16.2. The lowest BCUT2D eigenvalue weighted by atomic mass is 10.0. The van der Waals surface area contributed by atoms with E-state index in [2.05, 4.69) is 43.2 Å². The Morgan fingerprint density at radius 2 is 1.68 bits per heavy atom. The van der Waals surface area contributed by atoms with Crippen LogP contribution in [0.5, 0.6) is 17.2 Å². The van der Waals surface area contributed by atoms with Crippen LogP contribution in [0.25, 0.3) is 0 Å². The fraction of sp³-hybridized carbons (Fsp3) is 0.458. The first kappa shape index (κ1) is 26.9. The molecule has 0 bridgehead atoms. The number of nitrogens with one attached hydrogen (secondary N) is 1. The molecule has 31 heavy (non-hydrogen) atoms. The predicted molar refractivity (Wildman–Crippen MR) is 139 cm³/mol. The fourth-order valence-corrected chi connectivity index (χ4v) is 3.30. The number of hydrogen-bond donors (Lipinski definition) is 1. The minimum Gasteiger partial charge on any atom is -0.496 e. The Kier molecular flexibility index (Phi) is 12.1. The second-order valence-electron chi connectivity index (χ2n) is 7.20. The highest BCUT2D eigenvalue weighted by Gasteiger charge is 2.13. The highest BCUT2D eigenvalue weighted by Crippen LogP contribution is 2.28. The highest BCUT2D eigenvalue weighted by atomic mass is 127. The van der Waals surface area contributed by atoms with Crippen LogP contribution in [0.1, 0.15) is 30.9 Å². The maximum atomic E-state index is 5.50. The lowest BCUT2D eigenvalue weighted by Crippen LogP contribution is -2.40. The summed E-state index contributed by atoms with van der Waals surface area (Å²) >= 11 is 0. The third-order valence-electron chi connectivity index (χ3n) is 5.07. The Balaban J connectivity index is 0.00000480. The zero-order valence-corrected chi connectivity index (χ0v) is 21.8. The van der Waals surface area contributed by atoms with Gasteiger partial charge in [0.25, 0.3) is 0 Å². The molecule has 0 aliphatic heterocycles. The topological polar surface area (TPSA) is 55.3 Å². The number of guanidine groups is 1. The minimum absolute atomic E-state index is 0. The van der Waals surface area contributed by atoms with E-state index in [0.29, 0.717) is 6.54 Å². The van der Waals surface area contributed by atoms with E-state index in [1.54, 1.807) is 21.3 Å². The second kappa shape index (κ2) is 14.0. The molecule has 0 aliphatic carbocycles. The molecule has 0 radical (unpaired) electrons. The van der Waals surface area contributed by atoms with Gasteiger partial charge < -0.3 is 24.4 Å². The molecule has 0 saturated carbocycles. The van der Waals surface area contributed by atoms with Gasteiger partial charge >= 0.3 is 0 Å². The van der Waals surface area contributed by atoms with Crippen molar-refractivity contribution >= 4 is 29.9 Å². The van der Waals surface area contributed by atoms with E-state index < -0.39 is 0 Å². The largest absolute Gasteiger partial charge is 0.496 e. The number of methoxy groups -OCH3 is 3. The quantitative estimate of drug-likeness (QED) is 0.271. The number of likely N-dealkylation sites (N-methyl/N-ethyl adjacent to an activating group) is 1. The lowest BCUT2D eigenvalue weighted by molar-refractivity contribution is 0.354. The molecule has 0 amide bonds. The zero-order chi connectivity index (χ0) is 21.9. The molecule has 1 N–H and O–H groups in total. The van der Waals surface area contributed by atoms with E-state index in [1.165, 1.54) is 11.1 Å². The first-order chi connectivity index (χ1) is 14.5. The Bertz CT molecular complexity index is 829. The van der Waals surface area contributed by atoms with Gasteiger partial charge in [0.2, 0.25) is 0 Å². The first-order valence-electron chi connectivity index (χ1n) is 10.4. The van der Waals surface area contributed by atoms with Crippen molar-refractivity contribution in [3.8, 4) is 17.2 Å². The molecule has 7 heteroatoms. The Morgan fingerprint density at radius 3 is 2.32 bits per heavy atom. The van der Waals surface area contributed by atoms with Gasteiger partial charge in [-0.25, -0.2) is 0 Å². The van der Waals surface area contributed by atoms with Crippen molar-refractivity contribution in [2.45, 2.75) is 26.2 Å². The Morgan fingerprint density at radius 1 is 1.00 bits per heavy atom. The molecular weight excluding hydrogens is 505 g/mol. The van der Waals surface area contributed by atoms with Crippen LogP contribution in [0.4, 0.5) is 0 Å². The maximum absolute atomic E-state index is 5.50. The highest BCUT2D eigenvalue weighted by molar-refractivity contribution is 14.0. The third kappa shape index (κ3) is 7.79. The van der Waals surface area contributed by atoms with Gasteiger partial charge in [-0.05, 0) is 42.7 Å². The molecule has 0 aromatic heterocycles. The summed E-state index contributed by atoms with van der Waals surface area (Å²) in [5, 5.41) is 3.39. The summed E-state index contributed by atoms with van der Waals surface area (Å²) in [5.74, 6) is 3.57. The summed E-state index contributed by atoms with van der Waals surface area (Å²) in [7, 11) is 7.08. The third-order valence-corrected chi connectivity index (χ3v) is 5.07. The molecular formula is C24H36IN3O3. The number of benzene rings is 2. The predicted octanol–water partition coefficient (Wildman–Crippen LogP) is 4.57. The molecule has 0 heterocycles. The standard InChI is InChI=1S/C24H35N3O3.HI/c1-7-25-24(26-17-18(2)20-10-8-9-11-21(20)28-4)27(3)15-14-19-12-13-22(29-5)23(16-19)30-6;/h8-13,16,18H,7,14-15,17H2,1-6H3,(H,25,26);1H. The van der Waals surface area contributed by atoms with E-state index in [9.17, 15) is 0 Å². The molecule has 2 aromatic rings. The average molecular weight is 541 g/mol. The van der Waals surface area contributed by atoms with Crippen LogP contribution in [-0.4, -0.2) is 58.9 Å². The lowest BCUT2D eigenvalue weighted by Gasteiger charge is -2.23. The van der Waals surface area contributed by atoms with Gasteiger partial charge in [-0.15, -0.1) is 24.0 Å². The van der Waals surface area contributed by atoms with Crippen molar-refractivity contribution < 1.29 is 14.2 Å². The van der Waals surface area contributed by atoms with E-state index in [0.717, 1.165) is 42.7 Å². The average Bonchev–Trinajstić information content (AvgIpc) is 2.79. The molecule has 0 saturated heterocycles. The molecule has 2 aromatic carbocycles. The van der Waals surface area contributed by atoms with Crippen molar-refractivity contribution in [1.29, 1.82) is 0 Å². The summed E-state index contributed by atoms with van der Waals surface area (Å²) in [6.07, 6.45) is 0.878. The van der Waals surface area contributed by atoms with E-state index in [4.69, 9.17) is 19.2 Å². The number of ether oxygens (including phenoxy) is 3. The van der Waals surface area contributed by atoms with Gasteiger partial charge in [-0.3, -0.25) is 4.99 Å². The summed E-state index contributed by atoms with van der Waals surface area (Å²) in [5.41, 5.74) is 2.37. The van der Waals surface area contributed by atoms with Gasteiger partial charge in [0, 0.05) is 32.6 Å². The minimum atomic E-state index is 0. The number of nitrogens with zero attached hydrogens (tertiary/aromatic N) is 2.